The van der Waals surface area contributed by atoms with E-state index in [9.17, 15) is 0 Å². The van der Waals surface area contributed by atoms with E-state index < -0.39 is 0 Å². The lowest BCUT2D eigenvalue weighted by atomic mass is 10.1. The van der Waals surface area contributed by atoms with Crippen LogP contribution in [0.25, 0.3) is 10.9 Å². The molecule has 2 N–H and O–H groups in total. The summed E-state index contributed by atoms with van der Waals surface area (Å²) in [7, 11) is 0. The van der Waals surface area contributed by atoms with Crippen LogP contribution in [0.3, 0.4) is 0 Å². The number of fused-ring (bicyclic) bond motifs is 1. The first kappa shape index (κ1) is 15.7. The van der Waals surface area contributed by atoms with Crippen molar-refractivity contribution in [1.82, 2.24) is 20.2 Å². The Bertz CT molecular complexity index is 752. The van der Waals surface area contributed by atoms with Gasteiger partial charge in [-0.15, -0.1) is 0 Å². The van der Waals surface area contributed by atoms with Gasteiger partial charge in [0.25, 0.3) is 0 Å². The molecular formula is C17H24N6. The summed E-state index contributed by atoms with van der Waals surface area (Å²) < 4.78 is 0. The molecule has 23 heavy (non-hydrogen) atoms. The fraction of sp³-hybridized carbons (Fsp3) is 0.471. The quantitative estimate of drug-likeness (QED) is 0.912. The maximum atomic E-state index is 4.67. The molecule has 6 heteroatoms. The number of anilines is 1. The fourth-order valence-electron chi connectivity index (χ4n) is 2.91. The van der Waals surface area contributed by atoms with Crippen LogP contribution in [0.5, 0.6) is 0 Å². The summed E-state index contributed by atoms with van der Waals surface area (Å²) in [5, 5.41) is 7.60. The van der Waals surface area contributed by atoms with Gasteiger partial charge in [-0.3, -0.25) is 10.2 Å². The number of hydrogen-bond acceptors (Lipinski definition) is 6. The molecule has 0 saturated heterocycles. The van der Waals surface area contributed by atoms with Crippen molar-refractivity contribution in [1.29, 1.82) is 0 Å². The Morgan fingerprint density at radius 3 is 2.74 bits per heavy atom. The van der Waals surface area contributed by atoms with E-state index in [1.165, 1.54) is 11.1 Å². The Morgan fingerprint density at radius 1 is 1.22 bits per heavy atom. The number of rotatable bonds is 3. The van der Waals surface area contributed by atoms with Crippen molar-refractivity contribution in [2.24, 2.45) is 4.99 Å². The lowest BCUT2D eigenvalue weighted by Gasteiger charge is -2.26. The number of benzene rings is 1. The van der Waals surface area contributed by atoms with Gasteiger partial charge in [-0.2, -0.15) is 0 Å². The van der Waals surface area contributed by atoms with E-state index in [4.69, 9.17) is 0 Å². The van der Waals surface area contributed by atoms with E-state index in [0.717, 1.165) is 42.2 Å². The topological polar surface area (TPSA) is 65.4 Å². The average molecular weight is 312 g/mol. The van der Waals surface area contributed by atoms with Gasteiger partial charge in [0.1, 0.15) is 0 Å². The van der Waals surface area contributed by atoms with Crippen LogP contribution in [0.1, 0.15) is 30.2 Å². The molecule has 2 heterocycles. The van der Waals surface area contributed by atoms with Crippen LogP contribution in [0.15, 0.2) is 17.1 Å². The maximum absolute atomic E-state index is 4.67. The average Bonchev–Trinajstić information content (AvgIpc) is 2.51. The van der Waals surface area contributed by atoms with Gasteiger partial charge < -0.3 is 5.32 Å². The molecule has 0 aliphatic carbocycles. The van der Waals surface area contributed by atoms with Gasteiger partial charge >= 0.3 is 0 Å². The van der Waals surface area contributed by atoms with Gasteiger partial charge in [-0.05, 0) is 38.8 Å². The fourth-order valence-corrected chi connectivity index (χ4v) is 2.91. The van der Waals surface area contributed by atoms with Gasteiger partial charge in [0.15, 0.2) is 0 Å². The van der Waals surface area contributed by atoms with Crippen molar-refractivity contribution < 1.29 is 0 Å². The zero-order valence-corrected chi connectivity index (χ0v) is 14.3. The molecule has 0 atom stereocenters. The highest BCUT2D eigenvalue weighted by atomic mass is 15.4. The van der Waals surface area contributed by atoms with Crippen LogP contribution in [0.4, 0.5) is 5.95 Å². The van der Waals surface area contributed by atoms with Crippen molar-refractivity contribution >= 4 is 22.8 Å². The number of aliphatic imine (C=N–C) groups is 1. The zero-order chi connectivity index (χ0) is 16.4. The highest BCUT2D eigenvalue weighted by Crippen LogP contribution is 2.22. The second-order valence-electron chi connectivity index (χ2n) is 6.11. The van der Waals surface area contributed by atoms with Gasteiger partial charge in [0, 0.05) is 11.9 Å². The number of guanidine groups is 1. The normalized spacial score (nSPS) is 15.4. The summed E-state index contributed by atoms with van der Waals surface area (Å²) in [5.41, 5.74) is 4.38. The number of hydrogen-bond donors (Lipinski definition) is 2. The highest BCUT2D eigenvalue weighted by Gasteiger charge is 2.13. The summed E-state index contributed by atoms with van der Waals surface area (Å²) in [6, 6.07) is 4.29. The SMILES string of the molecule is CCCN1CN=C(Nc2nc(C)c3cc(C)cc(C)c3n2)NC1. The molecule has 1 aromatic carbocycles. The molecule has 1 aliphatic rings. The largest absolute Gasteiger partial charge is 0.343 e. The summed E-state index contributed by atoms with van der Waals surface area (Å²) in [6.45, 7) is 10.9. The van der Waals surface area contributed by atoms with Crippen molar-refractivity contribution in [2.45, 2.75) is 34.1 Å². The molecule has 0 fully saturated rings. The van der Waals surface area contributed by atoms with E-state index in [-0.39, 0.29) is 0 Å². The standard InChI is InChI=1S/C17H24N6/c1-5-6-23-9-18-16(19-10-23)22-17-20-13(4)14-8-11(2)7-12(3)15(14)21-17/h7-8H,5-6,9-10H2,1-4H3,(H2,18,19,20,21,22). The van der Waals surface area contributed by atoms with Crippen LogP contribution in [-0.2, 0) is 0 Å². The molecule has 0 saturated carbocycles. The van der Waals surface area contributed by atoms with Crippen LogP contribution >= 0.6 is 0 Å². The monoisotopic (exact) mass is 312 g/mol. The zero-order valence-electron chi connectivity index (χ0n) is 14.3. The predicted octanol–water partition coefficient (Wildman–Crippen LogP) is 2.55. The van der Waals surface area contributed by atoms with Crippen LogP contribution < -0.4 is 10.6 Å². The van der Waals surface area contributed by atoms with Crippen LogP contribution in [0.2, 0.25) is 0 Å². The number of nitrogens with zero attached hydrogens (tertiary/aromatic N) is 4. The van der Waals surface area contributed by atoms with Gasteiger partial charge in [0.2, 0.25) is 11.9 Å². The van der Waals surface area contributed by atoms with E-state index in [2.05, 4.69) is 63.4 Å². The lowest BCUT2D eigenvalue weighted by Crippen LogP contribution is -2.46. The van der Waals surface area contributed by atoms with Crippen LogP contribution in [0, 0.1) is 20.8 Å². The van der Waals surface area contributed by atoms with Crippen LogP contribution in [-0.4, -0.2) is 40.7 Å². The lowest BCUT2D eigenvalue weighted by molar-refractivity contribution is 0.265. The first-order valence-corrected chi connectivity index (χ1v) is 8.10. The molecule has 0 radical (unpaired) electrons. The Hall–Kier alpha value is -2.21. The third-order valence-corrected chi connectivity index (χ3v) is 3.99. The molecule has 0 unspecified atom stereocenters. The molecule has 0 amide bonds. The molecule has 3 rings (SSSR count). The van der Waals surface area contributed by atoms with Gasteiger partial charge in [-0.25, -0.2) is 15.0 Å². The summed E-state index contributed by atoms with van der Waals surface area (Å²) in [6.07, 6.45) is 1.13. The second kappa shape index (κ2) is 6.50. The van der Waals surface area contributed by atoms with E-state index in [0.29, 0.717) is 12.6 Å². The predicted molar refractivity (Wildman–Crippen MR) is 94.7 cm³/mol. The minimum absolute atomic E-state index is 0.595. The second-order valence-corrected chi connectivity index (χ2v) is 6.11. The van der Waals surface area contributed by atoms with Crippen molar-refractivity contribution in [2.75, 3.05) is 25.2 Å². The molecule has 0 spiro atoms. The third-order valence-electron chi connectivity index (χ3n) is 3.99. The molecule has 1 aliphatic heterocycles. The first-order valence-electron chi connectivity index (χ1n) is 8.10. The first-order chi connectivity index (χ1) is 11.1. The highest BCUT2D eigenvalue weighted by molar-refractivity contribution is 5.94. The third kappa shape index (κ3) is 3.42. The molecule has 0 bridgehead atoms. The Morgan fingerprint density at radius 2 is 2.04 bits per heavy atom. The molecular weight excluding hydrogens is 288 g/mol. The van der Waals surface area contributed by atoms with E-state index >= 15 is 0 Å². The molecule has 1 aromatic heterocycles. The summed E-state index contributed by atoms with van der Waals surface area (Å²) >= 11 is 0. The van der Waals surface area contributed by atoms with Crippen molar-refractivity contribution in [3.63, 3.8) is 0 Å². The van der Waals surface area contributed by atoms with Gasteiger partial charge in [0.05, 0.1) is 24.5 Å². The molecule has 2 aromatic rings. The molecule has 6 nitrogen and oxygen atoms in total. The Kier molecular flexibility index (Phi) is 4.43. The van der Waals surface area contributed by atoms with Crippen molar-refractivity contribution in [3.05, 3.63) is 29.0 Å². The Labute approximate surface area is 137 Å². The molecule has 122 valence electrons. The number of nitrogens with one attached hydrogen (secondary N) is 2. The minimum atomic E-state index is 0.595. The maximum Gasteiger partial charge on any atom is 0.230 e. The minimum Gasteiger partial charge on any atom is -0.343 e. The summed E-state index contributed by atoms with van der Waals surface area (Å²) in [4.78, 5) is 16.0. The van der Waals surface area contributed by atoms with E-state index in [1.54, 1.807) is 0 Å². The summed E-state index contributed by atoms with van der Waals surface area (Å²) in [5.74, 6) is 1.33. The smallest absolute Gasteiger partial charge is 0.230 e. The van der Waals surface area contributed by atoms with E-state index in [1.807, 2.05) is 6.92 Å². The number of aryl methyl sites for hydroxylation is 3. The Balaban J connectivity index is 1.84. The number of aromatic nitrogens is 2. The van der Waals surface area contributed by atoms with Gasteiger partial charge in [-0.1, -0.05) is 18.6 Å². The van der Waals surface area contributed by atoms with Crippen molar-refractivity contribution in [3.8, 4) is 0 Å².